The van der Waals surface area contributed by atoms with Gasteiger partial charge in [-0.15, -0.1) is 11.3 Å². The minimum atomic E-state index is 0.725. The molecule has 0 bridgehead atoms. The largest absolute Gasteiger partial charge is 0.495 e. The Morgan fingerprint density at radius 2 is 2.18 bits per heavy atom. The zero-order valence-corrected chi connectivity index (χ0v) is 10.8. The lowest BCUT2D eigenvalue weighted by Crippen LogP contribution is -2.01. The van der Waals surface area contributed by atoms with Crippen molar-refractivity contribution >= 4 is 22.7 Å². The van der Waals surface area contributed by atoms with E-state index in [1.54, 1.807) is 18.4 Å². The minimum Gasteiger partial charge on any atom is -0.495 e. The van der Waals surface area contributed by atoms with Gasteiger partial charge in [0.05, 0.1) is 19.3 Å². The van der Waals surface area contributed by atoms with Crippen LogP contribution in [0, 0.1) is 6.92 Å². The maximum atomic E-state index is 5.84. The average molecular weight is 248 g/mol. The Morgan fingerprint density at radius 3 is 2.82 bits per heavy atom. The molecule has 3 N–H and O–H groups in total. The number of rotatable bonds is 4. The fourth-order valence-electron chi connectivity index (χ4n) is 1.61. The number of hydrogen-bond acceptors (Lipinski definition) is 4. The molecule has 0 radical (unpaired) electrons. The molecule has 2 aromatic rings. The predicted octanol–water partition coefficient (Wildman–Crippen LogP) is 3.26. The van der Waals surface area contributed by atoms with Crippen molar-refractivity contribution in [3.63, 3.8) is 0 Å². The number of anilines is 2. The van der Waals surface area contributed by atoms with Crippen molar-refractivity contribution in [2.24, 2.45) is 0 Å². The second-order valence-electron chi connectivity index (χ2n) is 3.86. The standard InChI is InChI=1S/C13H16N2OS/c1-9-3-4-11(12(7-9)16-2)15-8-13-10(14)5-6-17-13/h3-7,15H,8,14H2,1-2H3. The first-order valence-electron chi connectivity index (χ1n) is 5.41. The van der Waals surface area contributed by atoms with Crippen molar-refractivity contribution < 1.29 is 4.74 Å². The lowest BCUT2D eigenvalue weighted by molar-refractivity contribution is 0.416. The molecule has 1 heterocycles. The van der Waals surface area contributed by atoms with Crippen LogP contribution in [0.3, 0.4) is 0 Å². The third-order valence-electron chi connectivity index (χ3n) is 2.58. The van der Waals surface area contributed by atoms with E-state index in [-0.39, 0.29) is 0 Å². The molecular weight excluding hydrogens is 232 g/mol. The van der Waals surface area contributed by atoms with Gasteiger partial charge in [-0.2, -0.15) is 0 Å². The molecule has 0 spiro atoms. The number of nitrogens with two attached hydrogens (primary N) is 1. The summed E-state index contributed by atoms with van der Waals surface area (Å²) in [5, 5.41) is 5.34. The Kier molecular flexibility index (Phi) is 3.54. The first-order valence-corrected chi connectivity index (χ1v) is 6.29. The lowest BCUT2D eigenvalue weighted by Gasteiger charge is -2.11. The summed E-state index contributed by atoms with van der Waals surface area (Å²) >= 11 is 1.66. The Labute approximate surface area is 105 Å². The van der Waals surface area contributed by atoms with Crippen LogP contribution in [0.1, 0.15) is 10.4 Å². The first-order chi connectivity index (χ1) is 8.20. The summed E-state index contributed by atoms with van der Waals surface area (Å²) in [6.07, 6.45) is 0. The van der Waals surface area contributed by atoms with E-state index in [1.807, 2.05) is 30.5 Å². The maximum Gasteiger partial charge on any atom is 0.142 e. The summed E-state index contributed by atoms with van der Waals surface area (Å²) in [7, 11) is 1.68. The van der Waals surface area contributed by atoms with E-state index in [9.17, 15) is 0 Å². The van der Waals surface area contributed by atoms with Crippen molar-refractivity contribution in [2.75, 3.05) is 18.2 Å². The van der Waals surface area contributed by atoms with Gasteiger partial charge >= 0.3 is 0 Å². The molecule has 0 fully saturated rings. The number of ether oxygens (including phenoxy) is 1. The molecule has 1 aromatic carbocycles. The van der Waals surface area contributed by atoms with Crippen LogP contribution in [0.25, 0.3) is 0 Å². The zero-order valence-electron chi connectivity index (χ0n) is 9.99. The van der Waals surface area contributed by atoms with Crippen LogP contribution in [-0.2, 0) is 6.54 Å². The number of nitrogens with one attached hydrogen (secondary N) is 1. The summed E-state index contributed by atoms with van der Waals surface area (Å²) < 4.78 is 5.34. The van der Waals surface area contributed by atoms with Crippen LogP contribution in [0.15, 0.2) is 29.6 Å². The monoisotopic (exact) mass is 248 g/mol. The first kappa shape index (κ1) is 11.8. The molecule has 3 nitrogen and oxygen atoms in total. The number of nitrogen functional groups attached to an aromatic ring is 1. The maximum absolute atomic E-state index is 5.84. The number of benzene rings is 1. The van der Waals surface area contributed by atoms with Crippen molar-refractivity contribution in [1.82, 2.24) is 0 Å². The van der Waals surface area contributed by atoms with Crippen LogP contribution >= 0.6 is 11.3 Å². The van der Waals surface area contributed by atoms with Crippen molar-refractivity contribution in [3.8, 4) is 5.75 Å². The van der Waals surface area contributed by atoms with E-state index in [4.69, 9.17) is 10.5 Å². The highest BCUT2D eigenvalue weighted by Crippen LogP contribution is 2.27. The Bertz CT molecular complexity index is 508. The number of hydrogen-bond donors (Lipinski definition) is 2. The van der Waals surface area contributed by atoms with Gasteiger partial charge in [-0.1, -0.05) is 6.07 Å². The number of methoxy groups -OCH3 is 1. The van der Waals surface area contributed by atoms with E-state index >= 15 is 0 Å². The number of aryl methyl sites for hydroxylation is 1. The van der Waals surface area contributed by atoms with Crippen molar-refractivity contribution in [2.45, 2.75) is 13.5 Å². The minimum absolute atomic E-state index is 0.725. The summed E-state index contributed by atoms with van der Waals surface area (Å²) in [4.78, 5) is 1.15. The molecule has 1 aromatic heterocycles. The SMILES string of the molecule is COc1cc(C)ccc1NCc1sccc1N. The molecule has 0 saturated carbocycles. The van der Waals surface area contributed by atoms with Crippen LogP contribution in [-0.4, -0.2) is 7.11 Å². The quantitative estimate of drug-likeness (QED) is 0.873. The Hall–Kier alpha value is -1.68. The highest BCUT2D eigenvalue weighted by Gasteiger charge is 2.04. The fourth-order valence-corrected chi connectivity index (χ4v) is 2.35. The van der Waals surface area contributed by atoms with Gasteiger partial charge in [0.25, 0.3) is 0 Å². The fraction of sp³-hybridized carbons (Fsp3) is 0.231. The Morgan fingerprint density at radius 1 is 1.35 bits per heavy atom. The van der Waals surface area contributed by atoms with Gasteiger partial charge in [-0.05, 0) is 36.1 Å². The van der Waals surface area contributed by atoms with Gasteiger partial charge in [0.2, 0.25) is 0 Å². The summed E-state index contributed by atoms with van der Waals surface area (Å²) in [6, 6.07) is 8.02. The second-order valence-corrected chi connectivity index (χ2v) is 4.86. The van der Waals surface area contributed by atoms with E-state index in [0.29, 0.717) is 0 Å². The van der Waals surface area contributed by atoms with E-state index in [2.05, 4.69) is 11.4 Å². The van der Waals surface area contributed by atoms with Crippen LogP contribution in [0.2, 0.25) is 0 Å². The molecule has 0 saturated heterocycles. The normalized spacial score (nSPS) is 10.2. The topological polar surface area (TPSA) is 47.3 Å². The van der Waals surface area contributed by atoms with Gasteiger partial charge in [0.15, 0.2) is 0 Å². The van der Waals surface area contributed by atoms with Crippen LogP contribution in [0.5, 0.6) is 5.75 Å². The molecule has 0 aliphatic rings. The molecule has 0 amide bonds. The molecule has 0 aliphatic heterocycles. The van der Waals surface area contributed by atoms with E-state index in [1.165, 1.54) is 5.56 Å². The smallest absolute Gasteiger partial charge is 0.142 e. The summed E-state index contributed by atoms with van der Waals surface area (Å²) in [6.45, 7) is 2.77. The summed E-state index contributed by atoms with van der Waals surface area (Å²) in [5.41, 5.74) is 8.85. The summed E-state index contributed by atoms with van der Waals surface area (Å²) in [5.74, 6) is 0.861. The van der Waals surface area contributed by atoms with E-state index < -0.39 is 0 Å². The van der Waals surface area contributed by atoms with Gasteiger partial charge < -0.3 is 15.8 Å². The average Bonchev–Trinajstić information content (AvgIpc) is 2.73. The third-order valence-corrected chi connectivity index (χ3v) is 3.51. The van der Waals surface area contributed by atoms with Gasteiger partial charge in [0, 0.05) is 10.6 Å². The molecule has 4 heteroatoms. The molecular formula is C13H16N2OS. The predicted molar refractivity (Wildman–Crippen MR) is 73.8 cm³/mol. The van der Waals surface area contributed by atoms with Crippen LogP contribution in [0.4, 0.5) is 11.4 Å². The molecule has 2 rings (SSSR count). The molecule has 0 aliphatic carbocycles. The molecule has 17 heavy (non-hydrogen) atoms. The van der Waals surface area contributed by atoms with Gasteiger partial charge in [0.1, 0.15) is 5.75 Å². The highest BCUT2D eigenvalue weighted by molar-refractivity contribution is 7.10. The van der Waals surface area contributed by atoms with Crippen molar-refractivity contribution in [1.29, 1.82) is 0 Å². The molecule has 0 unspecified atom stereocenters. The molecule has 0 atom stereocenters. The highest BCUT2D eigenvalue weighted by atomic mass is 32.1. The van der Waals surface area contributed by atoms with Gasteiger partial charge in [-0.25, -0.2) is 0 Å². The molecule has 90 valence electrons. The van der Waals surface area contributed by atoms with Gasteiger partial charge in [-0.3, -0.25) is 0 Å². The second kappa shape index (κ2) is 5.10. The Balaban J connectivity index is 2.11. The number of thiophene rings is 1. The van der Waals surface area contributed by atoms with Crippen molar-refractivity contribution in [3.05, 3.63) is 40.1 Å². The van der Waals surface area contributed by atoms with E-state index in [0.717, 1.165) is 28.5 Å². The van der Waals surface area contributed by atoms with Crippen LogP contribution < -0.4 is 15.8 Å². The zero-order chi connectivity index (χ0) is 12.3. The third kappa shape index (κ3) is 2.71. The lowest BCUT2D eigenvalue weighted by atomic mass is 10.2.